The minimum Gasteiger partial charge on any atom is -0.497 e. The first-order chi connectivity index (χ1) is 11.3. The zero-order valence-corrected chi connectivity index (χ0v) is 15.6. The number of benzene rings is 1. The first-order valence-electron chi connectivity index (χ1n) is 7.42. The molecule has 0 bridgehead atoms. The number of sulfonamides is 1. The molecule has 1 aliphatic rings. The van der Waals surface area contributed by atoms with Gasteiger partial charge in [0.15, 0.2) is 4.90 Å². The number of nitro benzene ring substituents is 1. The molecule has 2 rings (SSSR count). The summed E-state index contributed by atoms with van der Waals surface area (Å²) in [4.78, 5) is 10.2. The number of rotatable bonds is 6. The number of nitro groups is 1. The Morgan fingerprint density at radius 3 is 2.60 bits per heavy atom. The van der Waals surface area contributed by atoms with Crippen LogP contribution in [0.5, 0.6) is 5.75 Å². The summed E-state index contributed by atoms with van der Waals surface area (Å²) in [5.74, 6) is 0.217. The molecule has 1 aromatic rings. The van der Waals surface area contributed by atoms with Crippen LogP contribution in [-0.4, -0.2) is 57.1 Å². The van der Waals surface area contributed by atoms with E-state index in [1.54, 1.807) is 7.11 Å². The summed E-state index contributed by atoms with van der Waals surface area (Å²) in [7, 11) is -1.13. The van der Waals surface area contributed by atoms with Gasteiger partial charge in [0.25, 0.3) is 5.69 Å². The van der Waals surface area contributed by atoms with E-state index in [0.29, 0.717) is 12.8 Å². The lowest BCUT2D eigenvalue weighted by atomic mass is 10.0. The van der Waals surface area contributed by atoms with Crippen LogP contribution in [-0.2, 0) is 14.8 Å². The van der Waals surface area contributed by atoms with Crippen molar-refractivity contribution in [2.45, 2.75) is 29.9 Å². The van der Waals surface area contributed by atoms with Crippen LogP contribution in [0.1, 0.15) is 12.8 Å². The van der Waals surface area contributed by atoms with Gasteiger partial charge < -0.3 is 15.2 Å². The van der Waals surface area contributed by atoms with Crippen molar-refractivity contribution in [1.82, 2.24) is 4.31 Å². The Morgan fingerprint density at radius 2 is 2.08 bits per heavy atom. The molecule has 0 saturated carbocycles. The van der Waals surface area contributed by atoms with E-state index in [1.165, 1.54) is 23.5 Å². The average molecular weight is 396 g/mol. The maximum atomic E-state index is 13.0. The molecule has 1 fully saturated rings. The number of nitrogens with two attached hydrogens (primary N) is 1. The van der Waals surface area contributed by atoms with E-state index in [4.69, 9.17) is 15.2 Å². The highest BCUT2D eigenvalue weighted by atomic mass is 35.5. The van der Waals surface area contributed by atoms with Crippen LogP contribution < -0.4 is 10.5 Å². The number of halogens is 1. The van der Waals surface area contributed by atoms with Crippen molar-refractivity contribution in [2.24, 2.45) is 5.73 Å². The number of ether oxygens (including phenoxy) is 2. The van der Waals surface area contributed by atoms with Crippen molar-refractivity contribution in [1.29, 1.82) is 0 Å². The molecule has 2 atom stereocenters. The molecule has 0 aliphatic carbocycles. The van der Waals surface area contributed by atoms with E-state index in [0.717, 1.165) is 6.07 Å². The molecule has 11 heteroatoms. The van der Waals surface area contributed by atoms with E-state index in [-0.39, 0.29) is 42.2 Å². The normalized spacial score (nSPS) is 21.4. The van der Waals surface area contributed by atoms with Crippen LogP contribution in [0.15, 0.2) is 23.1 Å². The third-order valence-electron chi connectivity index (χ3n) is 4.17. The van der Waals surface area contributed by atoms with Gasteiger partial charge in [0, 0.05) is 26.2 Å². The molecule has 25 heavy (non-hydrogen) atoms. The van der Waals surface area contributed by atoms with Gasteiger partial charge in [-0.25, -0.2) is 8.42 Å². The van der Waals surface area contributed by atoms with Gasteiger partial charge in [-0.2, -0.15) is 4.31 Å². The van der Waals surface area contributed by atoms with Crippen LogP contribution in [0.3, 0.4) is 0 Å². The molecule has 1 saturated heterocycles. The van der Waals surface area contributed by atoms with Gasteiger partial charge in [0.2, 0.25) is 10.0 Å². The SMILES string of the molecule is COc1ccc(S(=O)(=O)N2CCC(OC)CC2CN)c([N+](=O)[O-])c1.Cl. The number of nitrogens with zero attached hydrogens (tertiary/aromatic N) is 2. The van der Waals surface area contributed by atoms with Gasteiger partial charge in [-0.1, -0.05) is 0 Å². The summed E-state index contributed by atoms with van der Waals surface area (Å²) >= 11 is 0. The second kappa shape index (κ2) is 8.77. The summed E-state index contributed by atoms with van der Waals surface area (Å²) in [6.45, 7) is 0.314. The molecule has 0 radical (unpaired) electrons. The van der Waals surface area contributed by atoms with Gasteiger partial charge >= 0.3 is 0 Å². The summed E-state index contributed by atoms with van der Waals surface area (Å²) in [5.41, 5.74) is 5.20. The standard InChI is InChI=1S/C14H21N3O6S.ClH/c1-22-11-3-4-14(13(8-11)17(18)19)24(20,21)16-6-5-12(23-2)7-10(16)9-15;/h3-4,8,10,12H,5-7,9,15H2,1-2H3;1H. The molecule has 142 valence electrons. The molecule has 2 N–H and O–H groups in total. The maximum absolute atomic E-state index is 13.0. The van der Waals surface area contributed by atoms with Crippen LogP contribution in [0.25, 0.3) is 0 Å². The second-order valence-corrected chi connectivity index (χ2v) is 7.34. The highest BCUT2D eigenvalue weighted by molar-refractivity contribution is 7.89. The van der Waals surface area contributed by atoms with Crippen molar-refractivity contribution in [3.05, 3.63) is 28.3 Å². The quantitative estimate of drug-likeness (QED) is 0.565. The van der Waals surface area contributed by atoms with Crippen LogP contribution in [0.4, 0.5) is 5.69 Å². The smallest absolute Gasteiger partial charge is 0.293 e. The minimum absolute atomic E-state index is 0. The van der Waals surface area contributed by atoms with Gasteiger partial charge in [-0.15, -0.1) is 12.4 Å². The molecule has 0 amide bonds. The fraction of sp³-hybridized carbons (Fsp3) is 0.571. The molecule has 1 aromatic carbocycles. The lowest BCUT2D eigenvalue weighted by Crippen LogP contribution is -2.51. The van der Waals surface area contributed by atoms with Gasteiger partial charge in [0.1, 0.15) is 5.75 Å². The van der Waals surface area contributed by atoms with Crippen molar-refractivity contribution < 1.29 is 22.8 Å². The Bertz CT molecular complexity index is 715. The molecule has 0 aromatic heterocycles. The highest BCUT2D eigenvalue weighted by Crippen LogP contribution is 2.33. The summed E-state index contributed by atoms with van der Waals surface area (Å²) in [6, 6.07) is 3.23. The topological polar surface area (TPSA) is 125 Å². The summed E-state index contributed by atoms with van der Waals surface area (Å²) in [6.07, 6.45) is 0.891. The van der Waals surface area contributed by atoms with Crippen LogP contribution >= 0.6 is 12.4 Å². The molecule has 2 unspecified atom stereocenters. The van der Waals surface area contributed by atoms with Gasteiger partial charge in [0.05, 0.1) is 24.2 Å². The Labute approximate surface area is 152 Å². The number of hydrogen-bond donors (Lipinski definition) is 1. The Morgan fingerprint density at radius 1 is 1.40 bits per heavy atom. The van der Waals surface area contributed by atoms with Gasteiger partial charge in [-0.3, -0.25) is 10.1 Å². The average Bonchev–Trinajstić information content (AvgIpc) is 2.60. The first kappa shape index (κ1) is 21.6. The number of methoxy groups -OCH3 is 2. The van der Waals surface area contributed by atoms with Crippen molar-refractivity contribution >= 4 is 28.1 Å². The third-order valence-corrected chi connectivity index (χ3v) is 6.17. The van der Waals surface area contributed by atoms with E-state index >= 15 is 0 Å². The monoisotopic (exact) mass is 395 g/mol. The Kier molecular flexibility index (Phi) is 7.57. The van der Waals surface area contributed by atoms with Crippen molar-refractivity contribution in [3.63, 3.8) is 0 Å². The van der Waals surface area contributed by atoms with Crippen LogP contribution in [0.2, 0.25) is 0 Å². The molecule has 9 nitrogen and oxygen atoms in total. The number of piperidine rings is 1. The van der Waals surface area contributed by atoms with E-state index in [2.05, 4.69) is 0 Å². The summed E-state index contributed by atoms with van der Waals surface area (Å²) < 4.78 is 37.4. The van der Waals surface area contributed by atoms with Crippen molar-refractivity contribution in [3.8, 4) is 5.75 Å². The number of hydrogen-bond acceptors (Lipinski definition) is 7. The van der Waals surface area contributed by atoms with E-state index < -0.39 is 26.7 Å². The third kappa shape index (κ3) is 4.39. The fourth-order valence-electron chi connectivity index (χ4n) is 2.85. The Hall–Kier alpha value is -1.46. The molecule has 1 heterocycles. The predicted molar refractivity (Wildman–Crippen MR) is 93.7 cm³/mol. The van der Waals surface area contributed by atoms with Gasteiger partial charge in [-0.05, 0) is 25.0 Å². The van der Waals surface area contributed by atoms with E-state index in [9.17, 15) is 18.5 Å². The molecular formula is C14H22ClN3O6S. The highest BCUT2D eigenvalue weighted by Gasteiger charge is 2.39. The zero-order valence-electron chi connectivity index (χ0n) is 14.0. The zero-order chi connectivity index (χ0) is 17.9. The first-order valence-corrected chi connectivity index (χ1v) is 8.86. The minimum atomic E-state index is -4.06. The van der Waals surface area contributed by atoms with E-state index in [1.807, 2.05) is 0 Å². The predicted octanol–water partition coefficient (Wildman–Crippen LogP) is 1.15. The lowest BCUT2D eigenvalue weighted by molar-refractivity contribution is -0.387. The van der Waals surface area contributed by atoms with Crippen LogP contribution in [0, 0.1) is 10.1 Å². The lowest BCUT2D eigenvalue weighted by Gasteiger charge is -2.37. The fourth-order valence-corrected chi connectivity index (χ4v) is 4.65. The van der Waals surface area contributed by atoms with Crippen molar-refractivity contribution in [2.75, 3.05) is 27.3 Å². The second-order valence-electron chi connectivity index (χ2n) is 5.48. The maximum Gasteiger partial charge on any atom is 0.293 e. The molecular weight excluding hydrogens is 374 g/mol. The Balaban J connectivity index is 0.00000312. The summed E-state index contributed by atoms with van der Waals surface area (Å²) in [5, 5.41) is 11.3. The molecule has 0 spiro atoms. The molecule has 1 aliphatic heterocycles. The largest absolute Gasteiger partial charge is 0.497 e.